The van der Waals surface area contributed by atoms with Crippen molar-refractivity contribution < 1.29 is 13.9 Å². The third-order valence-corrected chi connectivity index (χ3v) is 3.01. The molecule has 1 unspecified atom stereocenters. The Labute approximate surface area is 115 Å². The van der Waals surface area contributed by atoms with E-state index in [2.05, 4.69) is 12.2 Å². The molecule has 0 fully saturated rings. The van der Waals surface area contributed by atoms with Gasteiger partial charge in [-0.15, -0.1) is 0 Å². The number of hydrogen-bond acceptors (Lipinski definition) is 3. The molecule has 1 aromatic rings. The summed E-state index contributed by atoms with van der Waals surface area (Å²) in [6.45, 7) is 6.38. The number of benzene rings is 1. The van der Waals surface area contributed by atoms with Gasteiger partial charge in [0.1, 0.15) is 0 Å². The summed E-state index contributed by atoms with van der Waals surface area (Å²) in [6, 6.07) is 5.30. The number of hydrogen-bond donors (Lipinski definition) is 1. The van der Waals surface area contributed by atoms with Crippen LogP contribution in [0.1, 0.15) is 38.3 Å². The van der Waals surface area contributed by atoms with Gasteiger partial charge >= 0.3 is 0 Å². The van der Waals surface area contributed by atoms with Crippen LogP contribution in [0.4, 0.5) is 4.39 Å². The van der Waals surface area contributed by atoms with Gasteiger partial charge in [-0.25, -0.2) is 4.39 Å². The maximum Gasteiger partial charge on any atom is 0.165 e. The second-order valence-electron chi connectivity index (χ2n) is 4.34. The van der Waals surface area contributed by atoms with Crippen LogP contribution in [0.3, 0.4) is 0 Å². The summed E-state index contributed by atoms with van der Waals surface area (Å²) < 4.78 is 24.0. The van der Waals surface area contributed by atoms with E-state index in [1.807, 2.05) is 13.0 Å². The second kappa shape index (κ2) is 8.88. The molecular formula is C15H24FNO2. The first kappa shape index (κ1) is 15.9. The number of nitrogens with one attached hydrogen (secondary N) is 1. The maximum atomic E-state index is 13.7. The molecule has 1 atom stereocenters. The van der Waals surface area contributed by atoms with Gasteiger partial charge in [0.05, 0.1) is 7.11 Å². The lowest BCUT2D eigenvalue weighted by molar-refractivity contribution is 0.141. The van der Waals surface area contributed by atoms with Gasteiger partial charge in [0, 0.05) is 19.3 Å². The van der Waals surface area contributed by atoms with Crippen molar-refractivity contribution in [2.24, 2.45) is 0 Å². The van der Waals surface area contributed by atoms with E-state index in [1.165, 1.54) is 7.11 Å². The minimum Gasteiger partial charge on any atom is -0.494 e. The predicted octanol–water partition coefficient (Wildman–Crippen LogP) is 3.30. The number of rotatable bonds is 9. The molecule has 0 aliphatic heterocycles. The molecule has 1 rings (SSSR count). The van der Waals surface area contributed by atoms with E-state index < -0.39 is 0 Å². The third-order valence-electron chi connectivity index (χ3n) is 3.01. The fraction of sp³-hybridized carbons (Fsp3) is 0.600. The van der Waals surface area contributed by atoms with Gasteiger partial charge in [0.15, 0.2) is 11.6 Å². The lowest BCUT2D eigenvalue weighted by atomic mass is 10.0. The van der Waals surface area contributed by atoms with Crippen LogP contribution in [0.5, 0.6) is 5.75 Å². The highest BCUT2D eigenvalue weighted by atomic mass is 19.1. The average Bonchev–Trinajstić information content (AvgIpc) is 2.42. The van der Waals surface area contributed by atoms with Gasteiger partial charge in [0.2, 0.25) is 0 Å². The van der Waals surface area contributed by atoms with Crippen LogP contribution in [0, 0.1) is 5.82 Å². The molecule has 0 radical (unpaired) electrons. The molecule has 108 valence electrons. The van der Waals surface area contributed by atoms with Crippen LogP contribution in [0.2, 0.25) is 0 Å². The van der Waals surface area contributed by atoms with Crippen molar-refractivity contribution in [2.75, 3.05) is 26.9 Å². The van der Waals surface area contributed by atoms with Crippen molar-refractivity contribution in [2.45, 2.75) is 32.7 Å². The fourth-order valence-electron chi connectivity index (χ4n) is 2.07. The molecule has 19 heavy (non-hydrogen) atoms. The van der Waals surface area contributed by atoms with Crippen molar-refractivity contribution in [3.05, 3.63) is 29.6 Å². The third kappa shape index (κ3) is 5.17. The Balaban J connectivity index is 2.66. The molecule has 1 N–H and O–H groups in total. The SMILES string of the molecule is CCNC(CCCOCC)c1ccc(OC)c(F)c1. The standard InChI is InChI=1S/C15H24FNO2/c1-4-17-14(7-6-10-19-5-2)12-8-9-15(18-3)13(16)11-12/h8-9,11,14,17H,4-7,10H2,1-3H3. The molecule has 0 aliphatic rings. The van der Waals surface area contributed by atoms with Gasteiger partial charge in [-0.2, -0.15) is 0 Å². The van der Waals surface area contributed by atoms with E-state index >= 15 is 0 Å². The first-order valence-electron chi connectivity index (χ1n) is 6.87. The molecular weight excluding hydrogens is 245 g/mol. The van der Waals surface area contributed by atoms with Crippen molar-refractivity contribution in [1.29, 1.82) is 0 Å². The largest absolute Gasteiger partial charge is 0.494 e. The number of halogens is 1. The van der Waals surface area contributed by atoms with Crippen molar-refractivity contribution in [1.82, 2.24) is 5.32 Å². The predicted molar refractivity (Wildman–Crippen MR) is 75.1 cm³/mol. The molecule has 0 saturated carbocycles. The highest BCUT2D eigenvalue weighted by molar-refractivity contribution is 5.31. The zero-order chi connectivity index (χ0) is 14.1. The summed E-state index contributed by atoms with van der Waals surface area (Å²) in [7, 11) is 1.47. The summed E-state index contributed by atoms with van der Waals surface area (Å²) in [4.78, 5) is 0. The molecule has 0 aromatic heterocycles. The van der Waals surface area contributed by atoms with Gasteiger partial charge in [0.25, 0.3) is 0 Å². The quantitative estimate of drug-likeness (QED) is 0.698. The zero-order valence-corrected chi connectivity index (χ0v) is 12.0. The van der Waals surface area contributed by atoms with E-state index in [0.29, 0.717) is 0 Å². The first-order chi connectivity index (χ1) is 9.22. The van der Waals surface area contributed by atoms with Gasteiger partial charge in [-0.05, 0) is 44.0 Å². The molecule has 0 aliphatic carbocycles. The Morgan fingerprint density at radius 3 is 2.68 bits per heavy atom. The summed E-state index contributed by atoms with van der Waals surface area (Å²) in [5.41, 5.74) is 0.955. The Morgan fingerprint density at radius 2 is 2.11 bits per heavy atom. The summed E-state index contributed by atoms with van der Waals surface area (Å²) in [5, 5.41) is 3.38. The lowest BCUT2D eigenvalue weighted by Gasteiger charge is -2.19. The smallest absolute Gasteiger partial charge is 0.165 e. The molecule has 1 aromatic carbocycles. The summed E-state index contributed by atoms with van der Waals surface area (Å²) in [6.07, 6.45) is 1.89. The second-order valence-corrected chi connectivity index (χ2v) is 4.34. The molecule has 0 saturated heterocycles. The van der Waals surface area contributed by atoms with Crippen LogP contribution in [-0.4, -0.2) is 26.9 Å². The van der Waals surface area contributed by atoms with Crippen LogP contribution >= 0.6 is 0 Å². The van der Waals surface area contributed by atoms with E-state index in [1.54, 1.807) is 12.1 Å². The van der Waals surface area contributed by atoms with Crippen molar-refractivity contribution in [3.8, 4) is 5.75 Å². The topological polar surface area (TPSA) is 30.5 Å². The molecule has 0 spiro atoms. The fourth-order valence-corrected chi connectivity index (χ4v) is 2.07. The Morgan fingerprint density at radius 1 is 1.32 bits per heavy atom. The van der Waals surface area contributed by atoms with Crippen LogP contribution < -0.4 is 10.1 Å². The molecule has 0 amide bonds. The molecule has 3 nitrogen and oxygen atoms in total. The van der Waals surface area contributed by atoms with E-state index in [0.717, 1.165) is 38.2 Å². The highest BCUT2D eigenvalue weighted by Gasteiger charge is 2.12. The summed E-state index contributed by atoms with van der Waals surface area (Å²) in [5.74, 6) is -0.0268. The maximum absolute atomic E-state index is 13.7. The minimum absolute atomic E-state index is 0.158. The average molecular weight is 269 g/mol. The van der Waals surface area contributed by atoms with Crippen LogP contribution in [0.15, 0.2) is 18.2 Å². The van der Waals surface area contributed by atoms with Gasteiger partial charge < -0.3 is 14.8 Å². The minimum atomic E-state index is -0.312. The molecule has 0 heterocycles. The van der Waals surface area contributed by atoms with Crippen molar-refractivity contribution >= 4 is 0 Å². The van der Waals surface area contributed by atoms with Crippen LogP contribution in [-0.2, 0) is 4.74 Å². The number of methoxy groups -OCH3 is 1. The Kier molecular flexibility index (Phi) is 7.45. The summed E-state index contributed by atoms with van der Waals surface area (Å²) >= 11 is 0. The highest BCUT2D eigenvalue weighted by Crippen LogP contribution is 2.24. The lowest BCUT2D eigenvalue weighted by Crippen LogP contribution is -2.21. The van der Waals surface area contributed by atoms with Gasteiger partial charge in [-0.3, -0.25) is 0 Å². The first-order valence-corrected chi connectivity index (χ1v) is 6.87. The van der Waals surface area contributed by atoms with Gasteiger partial charge in [-0.1, -0.05) is 13.0 Å². The van der Waals surface area contributed by atoms with Crippen LogP contribution in [0.25, 0.3) is 0 Å². The van der Waals surface area contributed by atoms with E-state index in [9.17, 15) is 4.39 Å². The van der Waals surface area contributed by atoms with E-state index in [4.69, 9.17) is 9.47 Å². The number of ether oxygens (including phenoxy) is 2. The Hall–Kier alpha value is -1.13. The zero-order valence-electron chi connectivity index (χ0n) is 12.0. The normalized spacial score (nSPS) is 12.4. The van der Waals surface area contributed by atoms with E-state index in [-0.39, 0.29) is 17.6 Å². The molecule has 4 heteroatoms. The monoisotopic (exact) mass is 269 g/mol. The Bertz CT molecular complexity index is 371. The van der Waals surface area contributed by atoms with Crippen molar-refractivity contribution in [3.63, 3.8) is 0 Å². The molecule has 0 bridgehead atoms.